The van der Waals surface area contributed by atoms with Crippen LogP contribution < -0.4 is 11.1 Å². The van der Waals surface area contributed by atoms with Crippen LogP contribution in [0.1, 0.15) is 46.4 Å². The van der Waals surface area contributed by atoms with Crippen LogP contribution in [-0.4, -0.2) is 40.1 Å². The number of nitrogens with two attached hydrogens (primary N) is 1. The lowest BCUT2D eigenvalue weighted by molar-refractivity contribution is 0.477. The average Bonchev–Trinajstić information content (AvgIpc) is 2.84. The minimum Gasteiger partial charge on any atom is -0.370 e. The molecule has 1 heterocycles. The lowest BCUT2D eigenvalue weighted by Crippen LogP contribution is -2.33. The second-order valence-electron chi connectivity index (χ2n) is 6.59. The van der Waals surface area contributed by atoms with Gasteiger partial charge in [-0.1, -0.05) is 39.5 Å². The van der Waals surface area contributed by atoms with Crippen molar-refractivity contribution in [2.45, 2.75) is 58.7 Å². The molecule has 0 saturated carbocycles. The van der Waals surface area contributed by atoms with Gasteiger partial charge in [-0.25, -0.2) is 0 Å². The molecule has 0 unspecified atom stereocenters. The van der Waals surface area contributed by atoms with Crippen molar-refractivity contribution >= 4 is 17.7 Å². The summed E-state index contributed by atoms with van der Waals surface area (Å²) in [6.07, 6.45) is 4.95. The quantitative estimate of drug-likeness (QED) is 0.296. The van der Waals surface area contributed by atoms with E-state index in [9.17, 15) is 0 Å². The highest BCUT2D eigenvalue weighted by Gasteiger charge is 2.12. The molecule has 7 heteroatoms. The Bertz CT molecular complexity index is 481. The monoisotopic (exact) mass is 340 g/mol. The molecular weight excluding hydrogens is 308 g/mol. The number of hydrogen-bond acceptors (Lipinski definition) is 4. The number of hydrogen-bond donors (Lipinski definition) is 2. The van der Waals surface area contributed by atoms with Crippen molar-refractivity contribution in [3.05, 3.63) is 5.82 Å². The summed E-state index contributed by atoms with van der Waals surface area (Å²) in [6, 6.07) is 0. The molecule has 132 valence electrons. The maximum atomic E-state index is 5.86. The SMILES string of the molecule is CSc1nnc(CCCN=C(N)NCCC(C)C)n1CC(C)C. The Morgan fingerprint density at radius 3 is 2.61 bits per heavy atom. The Morgan fingerprint density at radius 2 is 2.00 bits per heavy atom. The number of nitrogens with zero attached hydrogens (tertiary/aromatic N) is 4. The number of guanidine groups is 1. The molecule has 23 heavy (non-hydrogen) atoms. The average molecular weight is 341 g/mol. The number of aromatic nitrogens is 3. The van der Waals surface area contributed by atoms with E-state index in [0.717, 1.165) is 43.3 Å². The second-order valence-corrected chi connectivity index (χ2v) is 7.36. The van der Waals surface area contributed by atoms with Crippen molar-refractivity contribution in [3.63, 3.8) is 0 Å². The van der Waals surface area contributed by atoms with E-state index in [-0.39, 0.29) is 0 Å². The van der Waals surface area contributed by atoms with Gasteiger partial charge >= 0.3 is 0 Å². The summed E-state index contributed by atoms with van der Waals surface area (Å²) in [4.78, 5) is 4.37. The molecule has 1 rings (SSSR count). The molecule has 1 aromatic rings. The van der Waals surface area contributed by atoms with E-state index in [1.165, 1.54) is 0 Å². The molecule has 0 saturated heterocycles. The minimum atomic E-state index is 0.541. The van der Waals surface area contributed by atoms with Crippen LogP contribution in [0.25, 0.3) is 0 Å². The summed E-state index contributed by atoms with van der Waals surface area (Å²) in [6.45, 7) is 11.4. The summed E-state index contributed by atoms with van der Waals surface area (Å²) < 4.78 is 2.23. The standard InChI is InChI=1S/C16H32N6S/c1-12(2)8-10-19-15(17)18-9-6-7-14-20-21-16(23-5)22(14)11-13(3)4/h12-13H,6-11H2,1-5H3,(H3,17,18,19). The molecule has 0 fully saturated rings. The van der Waals surface area contributed by atoms with Crippen LogP contribution in [0.5, 0.6) is 0 Å². The van der Waals surface area contributed by atoms with Gasteiger partial charge in [-0.15, -0.1) is 10.2 Å². The van der Waals surface area contributed by atoms with Gasteiger partial charge < -0.3 is 15.6 Å². The van der Waals surface area contributed by atoms with Gasteiger partial charge in [0.25, 0.3) is 0 Å². The molecular formula is C16H32N6S. The minimum absolute atomic E-state index is 0.541. The van der Waals surface area contributed by atoms with Gasteiger partial charge in [0.15, 0.2) is 11.1 Å². The van der Waals surface area contributed by atoms with E-state index in [1.807, 2.05) is 6.26 Å². The lowest BCUT2D eigenvalue weighted by Gasteiger charge is -2.11. The Morgan fingerprint density at radius 1 is 1.26 bits per heavy atom. The number of rotatable bonds is 10. The van der Waals surface area contributed by atoms with Gasteiger partial charge in [0.05, 0.1) is 0 Å². The summed E-state index contributed by atoms with van der Waals surface area (Å²) in [5, 5.41) is 12.7. The first-order chi connectivity index (χ1) is 10.9. The molecule has 0 bridgehead atoms. The number of thioether (sulfide) groups is 1. The Balaban J connectivity index is 2.42. The fraction of sp³-hybridized carbons (Fsp3) is 0.812. The Kier molecular flexibility index (Phi) is 9.06. The van der Waals surface area contributed by atoms with Crippen molar-refractivity contribution in [1.82, 2.24) is 20.1 Å². The van der Waals surface area contributed by atoms with Gasteiger partial charge in [0.2, 0.25) is 0 Å². The molecule has 0 aliphatic carbocycles. The van der Waals surface area contributed by atoms with Crippen molar-refractivity contribution in [3.8, 4) is 0 Å². The normalized spacial score (nSPS) is 12.4. The van der Waals surface area contributed by atoms with Gasteiger partial charge in [-0.3, -0.25) is 4.99 Å². The Hall–Kier alpha value is -1.24. The van der Waals surface area contributed by atoms with Gasteiger partial charge in [0.1, 0.15) is 5.82 Å². The third-order valence-electron chi connectivity index (χ3n) is 3.39. The molecule has 6 nitrogen and oxygen atoms in total. The highest BCUT2D eigenvalue weighted by atomic mass is 32.2. The van der Waals surface area contributed by atoms with Gasteiger partial charge in [-0.2, -0.15) is 0 Å². The topological polar surface area (TPSA) is 81.1 Å². The number of nitrogens with one attached hydrogen (secondary N) is 1. The molecule has 0 radical (unpaired) electrons. The maximum Gasteiger partial charge on any atom is 0.190 e. The maximum absolute atomic E-state index is 5.86. The third-order valence-corrected chi connectivity index (χ3v) is 4.06. The zero-order valence-electron chi connectivity index (χ0n) is 15.2. The third kappa shape index (κ3) is 7.72. The molecule has 1 aromatic heterocycles. The predicted octanol–water partition coefficient (Wildman–Crippen LogP) is 2.54. The first-order valence-electron chi connectivity index (χ1n) is 8.43. The number of aliphatic imine (C=N–C) groups is 1. The molecule has 0 aromatic carbocycles. The highest BCUT2D eigenvalue weighted by molar-refractivity contribution is 7.98. The first kappa shape index (κ1) is 19.8. The molecule has 0 amide bonds. The number of aryl methyl sites for hydroxylation is 1. The van der Waals surface area contributed by atoms with E-state index in [4.69, 9.17) is 5.73 Å². The summed E-state index contributed by atoms with van der Waals surface area (Å²) in [7, 11) is 0. The van der Waals surface area contributed by atoms with Crippen LogP contribution in [0.4, 0.5) is 0 Å². The van der Waals surface area contributed by atoms with E-state index < -0.39 is 0 Å². The van der Waals surface area contributed by atoms with Crippen molar-refractivity contribution in [1.29, 1.82) is 0 Å². The summed E-state index contributed by atoms with van der Waals surface area (Å²) in [5.74, 6) is 2.84. The lowest BCUT2D eigenvalue weighted by atomic mass is 10.1. The van der Waals surface area contributed by atoms with Crippen LogP contribution in [0.15, 0.2) is 10.1 Å². The smallest absolute Gasteiger partial charge is 0.190 e. The van der Waals surface area contributed by atoms with E-state index >= 15 is 0 Å². The molecule has 0 atom stereocenters. The van der Waals surface area contributed by atoms with Crippen LogP contribution in [0.2, 0.25) is 0 Å². The van der Waals surface area contributed by atoms with Gasteiger partial charge in [-0.05, 0) is 30.9 Å². The summed E-state index contributed by atoms with van der Waals surface area (Å²) >= 11 is 1.65. The largest absolute Gasteiger partial charge is 0.370 e. The van der Waals surface area contributed by atoms with Crippen LogP contribution in [0.3, 0.4) is 0 Å². The predicted molar refractivity (Wildman–Crippen MR) is 98.9 cm³/mol. The van der Waals surface area contributed by atoms with Crippen LogP contribution in [-0.2, 0) is 13.0 Å². The molecule has 0 spiro atoms. The molecule has 0 aliphatic heterocycles. The van der Waals surface area contributed by atoms with Crippen molar-refractivity contribution < 1.29 is 0 Å². The Labute approximate surface area is 144 Å². The van der Waals surface area contributed by atoms with Crippen molar-refractivity contribution in [2.24, 2.45) is 22.6 Å². The summed E-state index contributed by atoms with van der Waals surface area (Å²) in [5.41, 5.74) is 5.86. The van der Waals surface area contributed by atoms with Crippen LogP contribution in [0, 0.1) is 11.8 Å². The zero-order chi connectivity index (χ0) is 17.2. The highest BCUT2D eigenvalue weighted by Crippen LogP contribution is 2.16. The first-order valence-corrected chi connectivity index (χ1v) is 9.66. The van der Waals surface area contributed by atoms with Crippen molar-refractivity contribution in [2.75, 3.05) is 19.3 Å². The van der Waals surface area contributed by atoms with E-state index in [1.54, 1.807) is 11.8 Å². The van der Waals surface area contributed by atoms with Gasteiger partial charge in [0, 0.05) is 26.1 Å². The molecule has 0 aliphatic rings. The second kappa shape index (κ2) is 10.5. The van der Waals surface area contributed by atoms with E-state index in [2.05, 4.69) is 52.8 Å². The van der Waals surface area contributed by atoms with Crippen LogP contribution >= 0.6 is 11.8 Å². The fourth-order valence-electron chi connectivity index (χ4n) is 2.18. The zero-order valence-corrected chi connectivity index (χ0v) is 16.0. The fourth-order valence-corrected chi connectivity index (χ4v) is 2.71. The van der Waals surface area contributed by atoms with E-state index in [0.29, 0.717) is 24.3 Å². The molecule has 3 N–H and O–H groups in total.